The molecular weight excluding hydrogens is 188 g/mol. The van der Waals surface area contributed by atoms with E-state index < -0.39 is 0 Å². The molecule has 0 aliphatic heterocycles. The van der Waals surface area contributed by atoms with Gasteiger partial charge in [-0.1, -0.05) is 11.6 Å². The smallest absolute Gasteiger partial charge is 0.127 e. The van der Waals surface area contributed by atoms with Crippen molar-refractivity contribution in [2.75, 3.05) is 7.11 Å². The van der Waals surface area contributed by atoms with Crippen LogP contribution in [0.25, 0.3) is 0 Å². The molecule has 0 aromatic heterocycles. The van der Waals surface area contributed by atoms with Gasteiger partial charge in [0, 0.05) is 29.2 Å². The zero-order chi connectivity index (χ0) is 9.84. The van der Waals surface area contributed by atoms with E-state index >= 15 is 0 Å². The fraction of sp³-hybridized carbons (Fsp3) is 0.333. The lowest BCUT2D eigenvalue weighted by molar-refractivity contribution is 0.405. The van der Waals surface area contributed by atoms with Crippen molar-refractivity contribution >= 4 is 11.6 Å². The minimum Gasteiger partial charge on any atom is -0.496 e. The number of halogens is 1. The van der Waals surface area contributed by atoms with Crippen molar-refractivity contribution in [1.29, 1.82) is 0 Å². The number of nitrogens with two attached hydrogens (primary N) is 2. The van der Waals surface area contributed by atoms with E-state index in [1.807, 2.05) is 0 Å². The van der Waals surface area contributed by atoms with Crippen molar-refractivity contribution < 1.29 is 4.74 Å². The lowest BCUT2D eigenvalue weighted by Gasteiger charge is -2.11. The largest absolute Gasteiger partial charge is 0.496 e. The summed E-state index contributed by atoms with van der Waals surface area (Å²) in [5, 5.41) is 0.640. The Balaban J connectivity index is 3.25. The van der Waals surface area contributed by atoms with Gasteiger partial charge in [0.25, 0.3) is 0 Å². The first kappa shape index (κ1) is 10.3. The summed E-state index contributed by atoms with van der Waals surface area (Å²) < 4.78 is 5.19. The molecule has 0 unspecified atom stereocenters. The van der Waals surface area contributed by atoms with Gasteiger partial charge in [-0.05, 0) is 12.1 Å². The maximum absolute atomic E-state index is 5.87. The number of ether oxygens (including phenoxy) is 1. The van der Waals surface area contributed by atoms with Gasteiger partial charge in [-0.2, -0.15) is 0 Å². The zero-order valence-electron chi connectivity index (χ0n) is 7.51. The van der Waals surface area contributed by atoms with Gasteiger partial charge in [0.15, 0.2) is 0 Å². The number of hydrogen-bond acceptors (Lipinski definition) is 3. The molecule has 0 heterocycles. The Morgan fingerprint density at radius 2 is 1.69 bits per heavy atom. The second kappa shape index (κ2) is 4.46. The average molecular weight is 201 g/mol. The summed E-state index contributed by atoms with van der Waals surface area (Å²) >= 11 is 5.87. The van der Waals surface area contributed by atoms with Crippen molar-refractivity contribution in [2.24, 2.45) is 11.5 Å². The van der Waals surface area contributed by atoms with Gasteiger partial charge < -0.3 is 16.2 Å². The van der Waals surface area contributed by atoms with Crippen LogP contribution < -0.4 is 16.2 Å². The Morgan fingerprint density at radius 3 is 2.00 bits per heavy atom. The molecule has 13 heavy (non-hydrogen) atoms. The van der Waals surface area contributed by atoms with E-state index in [0.29, 0.717) is 18.1 Å². The lowest BCUT2D eigenvalue weighted by atomic mass is 10.1. The quantitative estimate of drug-likeness (QED) is 0.773. The summed E-state index contributed by atoms with van der Waals surface area (Å²) in [6.45, 7) is 0.799. The van der Waals surface area contributed by atoms with E-state index in [-0.39, 0.29) is 0 Å². The monoisotopic (exact) mass is 200 g/mol. The van der Waals surface area contributed by atoms with Gasteiger partial charge in [0.1, 0.15) is 5.75 Å². The standard InChI is InChI=1S/C9H13ClN2O/c1-13-9-6(4-11)2-8(10)3-7(9)5-12/h2-3H,4-5,11-12H2,1H3. The van der Waals surface area contributed by atoms with Crippen LogP contribution in [0.1, 0.15) is 11.1 Å². The molecule has 1 rings (SSSR count). The van der Waals surface area contributed by atoms with E-state index in [1.54, 1.807) is 19.2 Å². The molecule has 0 saturated heterocycles. The molecule has 0 bridgehead atoms. The number of benzene rings is 1. The van der Waals surface area contributed by atoms with E-state index in [1.165, 1.54) is 0 Å². The molecule has 0 radical (unpaired) electrons. The summed E-state index contributed by atoms with van der Waals surface area (Å²) in [5.74, 6) is 0.745. The maximum atomic E-state index is 5.87. The van der Waals surface area contributed by atoms with Crippen LogP contribution in [0.2, 0.25) is 5.02 Å². The van der Waals surface area contributed by atoms with Crippen LogP contribution in [0.3, 0.4) is 0 Å². The second-order valence-corrected chi connectivity index (χ2v) is 3.10. The van der Waals surface area contributed by atoms with Gasteiger partial charge in [-0.15, -0.1) is 0 Å². The summed E-state index contributed by atoms with van der Waals surface area (Å²) in [5.41, 5.74) is 12.8. The molecule has 0 spiro atoms. The molecule has 0 aliphatic rings. The Morgan fingerprint density at radius 1 is 1.23 bits per heavy atom. The SMILES string of the molecule is COc1c(CN)cc(Cl)cc1CN. The van der Waals surface area contributed by atoms with Crippen molar-refractivity contribution in [2.45, 2.75) is 13.1 Å². The molecule has 4 N–H and O–H groups in total. The highest BCUT2D eigenvalue weighted by Gasteiger charge is 2.08. The summed E-state index contributed by atoms with van der Waals surface area (Å²) in [7, 11) is 1.60. The average Bonchev–Trinajstić information content (AvgIpc) is 2.16. The van der Waals surface area contributed by atoms with Crippen LogP contribution in [0.15, 0.2) is 12.1 Å². The molecule has 0 aliphatic carbocycles. The summed E-state index contributed by atoms with van der Waals surface area (Å²) in [6.07, 6.45) is 0. The van der Waals surface area contributed by atoms with Crippen LogP contribution in [0.4, 0.5) is 0 Å². The topological polar surface area (TPSA) is 61.3 Å². The molecule has 4 heteroatoms. The fourth-order valence-corrected chi connectivity index (χ4v) is 1.54. The molecule has 0 saturated carbocycles. The number of hydrogen-bond donors (Lipinski definition) is 2. The highest BCUT2D eigenvalue weighted by Crippen LogP contribution is 2.27. The first-order valence-electron chi connectivity index (χ1n) is 3.98. The van der Waals surface area contributed by atoms with Gasteiger partial charge in [0.05, 0.1) is 7.11 Å². The normalized spacial score (nSPS) is 10.2. The first-order valence-corrected chi connectivity index (χ1v) is 4.36. The minimum atomic E-state index is 0.400. The number of rotatable bonds is 3. The number of methoxy groups -OCH3 is 1. The predicted octanol–water partition coefficient (Wildman–Crippen LogP) is 1.27. The molecule has 0 atom stereocenters. The summed E-state index contributed by atoms with van der Waals surface area (Å²) in [4.78, 5) is 0. The van der Waals surface area contributed by atoms with Crippen LogP contribution in [0.5, 0.6) is 5.75 Å². The molecular formula is C9H13ClN2O. The lowest BCUT2D eigenvalue weighted by Crippen LogP contribution is -2.05. The Hall–Kier alpha value is -0.770. The molecule has 0 amide bonds. The summed E-state index contributed by atoms with van der Waals surface area (Å²) in [6, 6.07) is 3.58. The van der Waals surface area contributed by atoms with E-state index in [9.17, 15) is 0 Å². The fourth-order valence-electron chi connectivity index (χ4n) is 1.28. The minimum absolute atomic E-state index is 0.400. The first-order chi connectivity index (χ1) is 6.22. The van der Waals surface area contributed by atoms with Gasteiger partial charge in [0.2, 0.25) is 0 Å². The second-order valence-electron chi connectivity index (χ2n) is 2.67. The Kier molecular flexibility index (Phi) is 3.54. The Bertz CT molecular complexity index is 277. The van der Waals surface area contributed by atoms with Crippen molar-refractivity contribution in [3.63, 3.8) is 0 Å². The molecule has 3 nitrogen and oxygen atoms in total. The molecule has 1 aromatic carbocycles. The van der Waals surface area contributed by atoms with Crippen molar-refractivity contribution in [3.05, 3.63) is 28.3 Å². The molecule has 72 valence electrons. The Labute approximate surface area is 82.6 Å². The highest BCUT2D eigenvalue weighted by molar-refractivity contribution is 6.30. The third kappa shape index (κ3) is 2.12. The molecule has 0 fully saturated rings. The van der Waals surface area contributed by atoms with Crippen LogP contribution in [-0.4, -0.2) is 7.11 Å². The highest BCUT2D eigenvalue weighted by atomic mass is 35.5. The van der Waals surface area contributed by atoms with E-state index in [2.05, 4.69) is 0 Å². The van der Waals surface area contributed by atoms with Gasteiger partial charge in [-0.3, -0.25) is 0 Å². The van der Waals surface area contributed by atoms with Crippen LogP contribution in [-0.2, 0) is 13.1 Å². The van der Waals surface area contributed by atoms with E-state index in [4.69, 9.17) is 27.8 Å². The van der Waals surface area contributed by atoms with Gasteiger partial charge >= 0.3 is 0 Å². The zero-order valence-corrected chi connectivity index (χ0v) is 8.27. The molecule has 1 aromatic rings. The third-order valence-corrected chi connectivity index (χ3v) is 2.07. The van der Waals surface area contributed by atoms with Crippen molar-refractivity contribution in [1.82, 2.24) is 0 Å². The van der Waals surface area contributed by atoms with Crippen molar-refractivity contribution in [3.8, 4) is 5.75 Å². The third-order valence-electron chi connectivity index (χ3n) is 1.85. The van der Waals surface area contributed by atoms with Gasteiger partial charge in [-0.25, -0.2) is 0 Å². The van der Waals surface area contributed by atoms with Crippen LogP contribution >= 0.6 is 11.6 Å². The maximum Gasteiger partial charge on any atom is 0.127 e. The van der Waals surface area contributed by atoms with Crippen LogP contribution in [0, 0.1) is 0 Å². The predicted molar refractivity (Wildman–Crippen MR) is 53.8 cm³/mol. The van der Waals surface area contributed by atoms with E-state index in [0.717, 1.165) is 16.9 Å².